The molecule has 4 fully saturated rings. The molecule has 30 heavy (non-hydrogen) atoms. The number of aliphatic carboxylic acids is 1. The van der Waals surface area contributed by atoms with Crippen LogP contribution in [0.15, 0.2) is 0 Å². The van der Waals surface area contributed by atoms with E-state index in [1.807, 2.05) is 0 Å². The molecule has 0 bridgehead atoms. The molecule has 6 heteroatoms. The lowest BCUT2D eigenvalue weighted by atomic mass is 9.44. The van der Waals surface area contributed by atoms with Gasteiger partial charge in [0.2, 0.25) is 0 Å². The molecule has 4 saturated carbocycles. The van der Waals surface area contributed by atoms with Crippen LogP contribution in [0.5, 0.6) is 0 Å². The molecule has 6 nitrogen and oxygen atoms in total. The van der Waals surface area contributed by atoms with E-state index in [1.54, 1.807) is 0 Å². The first kappa shape index (κ1) is 22.5. The summed E-state index contributed by atoms with van der Waals surface area (Å²) in [5, 5.41) is 51.7. The molecule has 0 saturated heterocycles. The van der Waals surface area contributed by atoms with Gasteiger partial charge in [-0.25, -0.2) is 0 Å². The van der Waals surface area contributed by atoms with Gasteiger partial charge in [0, 0.05) is 6.42 Å². The van der Waals surface area contributed by atoms with Crippen molar-refractivity contribution in [3.05, 3.63) is 0 Å². The lowest BCUT2D eigenvalue weighted by Gasteiger charge is -2.62. The van der Waals surface area contributed by atoms with Gasteiger partial charge in [-0.15, -0.1) is 0 Å². The molecule has 4 rings (SSSR count). The number of hydrogen-bond donors (Lipinski definition) is 5. The van der Waals surface area contributed by atoms with Crippen LogP contribution in [-0.4, -0.2) is 55.9 Å². The van der Waals surface area contributed by atoms with Gasteiger partial charge in [0.15, 0.2) is 0 Å². The number of fused-ring (bicyclic) bond motifs is 5. The minimum absolute atomic E-state index is 0.0573. The minimum atomic E-state index is -1.02. The average molecular weight is 425 g/mol. The molecule has 0 heterocycles. The summed E-state index contributed by atoms with van der Waals surface area (Å²) < 4.78 is 0. The molecule has 0 aromatic heterocycles. The standard InChI is InChI=1S/C24H40O6/c1-23-9-7-14(25)11-13(23)12-19(27)21-15-3-4-17(24(15,2)10-8-16(21)23)22(30)18(26)5-6-20(28)29/h13-19,21-22,25-27,30H,3-12H2,1-2H3,(H,28,29)/t13-,14+,15-,16-,17?,18?,19-,21-,22-,23-,24-/m0/s1. The van der Waals surface area contributed by atoms with E-state index >= 15 is 0 Å². The highest BCUT2D eigenvalue weighted by Gasteiger charge is 2.63. The van der Waals surface area contributed by atoms with Crippen molar-refractivity contribution in [2.75, 3.05) is 0 Å². The summed E-state index contributed by atoms with van der Waals surface area (Å²) in [6.07, 6.45) is 4.61. The fraction of sp³-hybridized carbons (Fsp3) is 0.958. The van der Waals surface area contributed by atoms with Gasteiger partial charge in [0.25, 0.3) is 0 Å². The van der Waals surface area contributed by atoms with Gasteiger partial charge >= 0.3 is 5.97 Å². The third-order valence-corrected chi connectivity index (χ3v) is 10.2. The number of aliphatic hydroxyl groups excluding tert-OH is 4. The van der Waals surface area contributed by atoms with E-state index in [0.717, 1.165) is 51.4 Å². The van der Waals surface area contributed by atoms with E-state index in [9.17, 15) is 25.2 Å². The maximum Gasteiger partial charge on any atom is 0.303 e. The summed E-state index contributed by atoms with van der Waals surface area (Å²) in [5.74, 6) is 0.351. The molecular weight excluding hydrogens is 384 g/mol. The van der Waals surface area contributed by atoms with Gasteiger partial charge < -0.3 is 25.5 Å². The second-order valence-corrected chi connectivity index (χ2v) is 11.4. The van der Waals surface area contributed by atoms with Crippen molar-refractivity contribution in [3.8, 4) is 0 Å². The Morgan fingerprint density at radius 3 is 2.33 bits per heavy atom. The monoisotopic (exact) mass is 424 g/mol. The van der Waals surface area contributed by atoms with Crippen LogP contribution in [-0.2, 0) is 4.79 Å². The first-order valence-corrected chi connectivity index (χ1v) is 12.0. The maximum atomic E-state index is 11.2. The Kier molecular flexibility index (Phi) is 6.02. The summed E-state index contributed by atoms with van der Waals surface area (Å²) in [5.41, 5.74) is 0.0330. The van der Waals surface area contributed by atoms with Gasteiger partial charge in [-0.05, 0) is 98.2 Å². The lowest BCUT2D eigenvalue weighted by Crippen LogP contribution is -2.59. The van der Waals surface area contributed by atoms with E-state index in [-0.39, 0.29) is 47.7 Å². The topological polar surface area (TPSA) is 118 Å². The molecule has 0 radical (unpaired) electrons. The molecule has 4 aliphatic rings. The Bertz CT molecular complexity index is 654. The van der Waals surface area contributed by atoms with Crippen LogP contribution in [0, 0.1) is 40.4 Å². The molecule has 2 unspecified atom stereocenters. The van der Waals surface area contributed by atoms with Gasteiger partial charge in [-0.2, -0.15) is 0 Å². The van der Waals surface area contributed by atoms with Crippen molar-refractivity contribution in [1.82, 2.24) is 0 Å². The number of carbonyl (C=O) groups is 1. The highest BCUT2D eigenvalue weighted by atomic mass is 16.4. The summed E-state index contributed by atoms with van der Waals surface area (Å²) in [6, 6.07) is 0. The van der Waals surface area contributed by atoms with Crippen LogP contribution in [0.3, 0.4) is 0 Å². The number of aliphatic hydroxyl groups is 4. The van der Waals surface area contributed by atoms with Crippen molar-refractivity contribution in [2.24, 2.45) is 40.4 Å². The maximum absolute atomic E-state index is 11.2. The molecule has 11 atom stereocenters. The summed E-state index contributed by atoms with van der Waals surface area (Å²) >= 11 is 0. The smallest absolute Gasteiger partial charge is 0.303 e. The van der Waals surface area contributed by atoms with E-state index < -0.39 is 18.2 Å². The fourth-order valence-corrected chi connectivity index (χ4v) is 8.51. The molecule has 0 amide bonds. The van der Waals surface area contributed by atoms with Crippen LogP contribution < -0.4 is 0 Å². The molecule has 5 N–H and O–H groups in total. The summed E-state index contributed by atoms with van der Waals surface area (Å²) in [7, 11) is 0. The zero-order valence-corrected chi connectivity index (χ0v) is 18.4. The molecule has 0 aliphatic heterocycles. The SMILES string of the molecule is C[C@]12CC[C@@H](O)C[C@H]1C[C@H](O)[C@@H]1[C@@H]2CC[C@]2(C)C([C@H](O)C(O)CCC(=O)O)CC[C@@H]12. The Morgan fingerprint density at radius 1 is 0.967 bits per heavy atom. The summed E-state index contributed by atoms with van der Waals surface area (Å²) in [4.78, 5) is 10.9. The molecule has 0 aromatic carbocycles. The van der Waals surface area contributed by atoms with Crippen molar-refractivity contribution in [1.29, 1.82) is 0 Å². The van der Waals surface area contributed by atoms with E-state index in [4.69, 9.17) is 5.11 Å². The van der Waals surface area contributed by atoms with Gasteiger partial charge in [0.1, 0.15) is 0 Å². The highest BCUT2D eigenvalue weighted by Crippen LogP contribution is 2.67. The highest BCUT2D eigenvalue weighted by molar-refractivity contribution is 5.66. The normalized spacial score (nSPS) is 50.1. The first-order valence-electron chi connectivity index (χ1n) is 12.0. The molecule has 172 valence electrons. The van der Waals surface area contributed by atoms with Crippen molar-refractivity contribution >= 4 is 5.97 Å². The quantitative estimate of drug-likeness (QED) is 0.463. The van der Waals surface area contributed by atoms with Gasteiger partial charge in [-0.3, -0.25) is 4.79 Å². The molecule has 0 aromatic rings. The number of carboxylic acid groups (broad SMARTS) is 1. The molecule has 0 spiro atoms. The third kappa shape index (κ3) is 3.52. The number of rotatable bonds is 5. The van der Waals surface area contributed by atoms with Crippen LogP contribution in [0.1, 0.15) is 78.1 Å². The van der Waals surface area contributed by atoms with Gasteiger partial charge in [-0.1, -0.05) is 13.8 Å². The second kappa shape index (κ2) is 8.02. The Hall–Kier alpha value is -0.690. The number of carboxylic acids is 1. The van der Waals surface area contributed by atoms with Crippen LogP contribution in [0.2, 0.25) is 0 Å². The van der Waals surface area contributed by atoms with Crippen molar-refractivity contribution in [2.45, 2.75) is 102 Å². The zero-order valence-electron chi connectivity index (χ0n) is 18.4. The third-order valence-electron chi connectivity index (χ3n) is 10.2. The zero-order chi connectivity index (χ0) is 21.8. The average Bonchev–Trinajstić information content (AvgIpc) is 3.04. The predicted molar refractivity (Wildman–Crippen MR) is 111 cm³/mol. The first-order chi connectivity index (χ1) is 14.1. The van der Waals surface area contributed by atoms with Crippen molar-refractivity contribution < 1.29 is 30.3 Å². The van der Waals surface area contributed by atoms with Gasteiger partial charge in [0.05, 0.1) is 24.4 Å². The van der Waals surface area contributed by atoms with Crippen LogP contribution >= 0.6 is 0 Å². The summed E-state index contributed by atoms with van der Waals surface area (Å²) in [6.45, 7) is 4.61. The Labute approximate surface area is 179 Å². The Balaban J connectivity index is 1.53. The van der Waals surface area contributed by atoms with E-state index in [2.05, 4.69) is 13.8 Å². The van der Waals surface area contributed by atoms with Crippen molar-refractivity contribution in [3.63, 3.8) is 0 Å². The molecule has 4 aliphatic carbocycles. The second-order valence-electron chi connectivity index (χ2n) is 11.4. The lowest BCUT2D eigenvalue weighted by molar-refractivity contribution is -0.179. The van der Waals surface area contributed by atoms with E-state index in [0.29, 0.717) is 17.8 Å². The number of hydrogen-bond acceptors (Lipinski definition) is 5. The largest absolute Gasteiger partial charge is 0.481 e. The van der Waals surface area contributed by atoms with E-state index in [1.165, 1.54) is 0 Å². The minimum Gasteiger partial charge on any atom is -0.481 e. The van der Waals surface area contributed by atoms with Crippen LogP contribution in [0.4, 0.5) is 0 Å². The van der Waals surface area contributed by atoms with Crippen LogP contribution in [0.25, 0.3) is 0 Å². The fourth-order valence-electron chi connectivity index (χ4n) is 8.51. The predicted octanol–water partition coefficient (Wildman–Crippen LogP) is 2.56. The molecular formula is C24H40O6. The Morgan fingerprint density at radius 2 is 1.63 bits per heavy atom.